The van der Waals surface area contributed by atoms with E-state index in [9.17, 15) is 0 Å². The molecule has 0 spiro atoms. The van der Waals surface area contributed by atoms with E-state index >= 15 is 0 Å². The van der Waals surface area contributed by atoms with Crippen molar-refractivity contribution in [1.82, 2.24) is 0 Å². The Morgan fingerprint density at radius 2 is 2.28 bits per heavy atom. The molecule has 0 radical (unpaired) electrons. The Morgan fingerprint density at radius 3 is 3.06 bits per heavy atom. The number of piperidine rings is 1. The van der Waals surface area contributed by atoms with Gasteiger partial charge in [0.2, 0.25) is 0 Å². The number of hydrogen-bond donors (Lipinski definition) is 0. The van der Waals surface area contributed by atoms with E-state index in [2.05, 4.69) is 11.0 Å². The minimum Gasteiger partial charge on any atom is -0.368 e. The Balaban J connectivity index is 2.06. The predicted octanol–water partition coefficient (Wildman–Crippen LogP) is 2.15. The van der Waals surface area contributed by atoms with Crippen LogP contribution in [0.3, 0.4) is 0 Å². The minimum atomic E-state index is 0.186. The van der Waals surface area contributed by atoms with Gasteiger partial charge in [-0.3, -0.25) is 0 Å². The highest BCUT2D eigenvalue weighted by Crippen LogP contribution is 2.24. The summed E-state index contributed by atoms with van der Waals surface area (Å²) in [5.41, 5.74) is 1.73. The van der Waals surface area contributed by atoms with Gasteiger partial charge in [-0.2, -0.15) is 5.26 Å². The van der Waals surface area contributed by atoms with Crippen molar-refractivity contribution in [2.24, 2.45) is 0 Å². The van der Waals surface area contributed by atoms with Crippen molar-refractivity contribution in [3.63, 3.8) is 0 Å². The number of hydrogen-bond acceptors (Lipinski definition) is 4. The van der Waals surface area contributed by atoms with E-state index in [0.717, 1.165) is 37.2 Å². The molecule has 0 aromatic heterocycles. The van der Waals surface area contributed by atoms with Crippen molar-refractivity contribution in [1.29, 1.82) is 5.26 Å². The summed E-state index contributed by atoms with van der Waals surface area (Å²) in [7, 11) is 1.63. The summed E-state index contributed by atoms with van der Waals surface area (Å²) in [6.07, 6.45) is 2.31. The molecule has 0 bridgehead atoms. The molecule has 2 rings (SSSR count). The molecule has 0 saturated carbocycles. The summed E-state index contributed by atoms with van der Waals surface area (Å²) in [6, 6.07) is 9.96. The number of anilines is 1. The van der Waals surface area contributed by atoms with Crippen molar-refractivity contribution in [3.8, 4) is 6.07 Å². The van der Waals surface area contributed by atoms with Crippen molar-refractivity contribution >= 4 is 5.69 Å². The molecule has 4 nitrogen and oxygen atoms in total. The van der Waals surface area contributed by atoms with Crippen LogP contribution >= 0.6 is 0 Å². The largest absolute Gasteiger partial charge is 0.368 e. The molecule has 1 aliphatic heterocycles. The molecule has 1 atom stereocenters. The van der Waals surface area contributed by atoms with Crippen LogP contribution in [-0.2, 0) is 9.47 Å². The van der Waals surface area contributed by atoms with E-state index in [1.54, 1.807) is 7.11 Å². The Morgan fingerprint density at radius 1 is 1.44 bits per heavy atom. The first-order chi connectivity index (χ1) is 8.85. The minimum absolute atomic E-state index is 0.186. The quantitative estimate of drug-likeness (QED) is 0.764. The molecule has 0 N–H and O–H groups in total. The van der Waals surface area contributed by atoms with Gasteiger partial charge in [-0.05, 0) is 25.0 Å². The van der Waals surface area contributed by atoms with Crippen LogP contribution in [0.5, 0.6) is 0 Å². The van der Waals surface area contributed by atoms with E-state index in [1.807, 2.05) is 24.3 Å². The standard InChI is InChI=1S/C14H18N2O2/c1-17-11-18-13-6-4-8-16(10-13)14-7-3-2-5-12(14)9-15/h2-3,5,7,13H,4,6,8,10-11H2,1H3/t13-/m1/s1. The highest BCUT2D eigenvalue weighted by molar-refractivity contribution is 5.59. The molecule has 0 amide bonds. The van der Waals surface area contributed by atoms with E-state index < -0.39 is 0 Å². The fourth-order valence-corrected chi connectivity index (χ4v) is 2.30. The first-order valence-corrected chi connectivity index (χ1v) is 6.19. The van der Waals surface area contributed by atoms with Crippen LogP contribution in [0.1, 0.15) is 18.4 Å². The van der Waals surface area contributed by atoms with Crippen molar-refractivity contribution < 1.29 is 9.47 Å². The molecule has 1 aromatic carbocycles. The third-order valence-corrected chi connectivity index (χ3v) is 3.16. The zero-order valence-electron chi connectivity index (χ0n) is 10.6. The smallest absolute Gasteiger partial charge is 0.146 e. The number of nitriles is 1. The second-order valence-corrected chi connectivity index (χ2v) is 4.41. The second kappa shape index (κ2) is 6.39. The highest BCUT2D eigenvalue weighted by Gasteiger charge is 2.22. The third kappa shape index (κ3) is 3.00. The lowest BCUT2D eigenvalue weighted by Crippen LogP contribution is -2.40. The molecule has 0 aliphatic carbocycles. The van der Waals surface area contributed by atoms with E-state index in [-0.39, 0.29) is 6.10 Å². The van der Waals surface area contributed by atoms with Crippen LogP contribution < -0.4 is 4.90 Å². The molecular formula is C14H18N2O2. The van der Waals surface area contributed by atoms with Crippen LogP contribution in [0.15, 0.2) is 24.3 Å². The lowest BCUT2D eigenvalue weighted by Gasteiger charge is -2.34. The number of rotatable bonds is 4. The summed E-state index contributed by atoms with van der Waals surface area (Å²) < 4.78 is 10.5. The van der Waals surface area contributed by atoms with Crippen molar-refractivity contribution in [2.45, 2.75) is 18.9 Å². The van der Waals surface area contributed by atoms with E-state index in [0.29, 0.717) is 6.79 Å². The average Bonchev–Trinajstić information content (AvgIpc) is 2.45. The molecule has 96 valence electrons. The maximum Gasteiger partial charge on any atom is 0.146 e. The van der Waals surface area contributed by atoms with Gasteiger partial charge in [-0.25, -0.2) is 0 Å². The Labute approximate surface area is 108 Å². The van der Waals surface area contributed by atoms with Crippen LogP contribution in [0, 0.1) is 11.3 Å². The molecule has 1 saturated heterocycles. The summed E-state index contributed by atoms with van der Waals surface area (Å²) in [5.74, 6) is 0. The van der Waals surface area contributed by atoms with E-state index in [4.69, 9.17) is 14.7 Å². The predicted molar refractivity (Wildman–Crippen MR) is 69.4 cm³/mol. The van der Waals surface area contributed by atoms with Gasteiger partial charge in [0.1, 0.15) is 12.9 Å². The first kappa shape index (κ1) is 12.9. The lowest BCUT2D eigenvalue weighted by atomic mass is 10.1. The molecule has 1 fully saturated rings. The zero-order chi connectivity index (χ0) is 12.8. The molecule has 1 heterocycles. The summed E-state index contributed by atoms with van der Waals surface area (Å²) >= 11 is 0. The van der Waals surface area contributed by atoms with Crippen LogP contribution in [0.2, 0.25) is 0 Å². The molecule has 1 aliphatic rings. The topological polar surface area (TPSA) is 45.5 Å². The molecular weight excluding hydrogens is 228 g/mol. The average molecular weight is 246 g/mol. The third-order valence-electron chi connectivity index (χ3n) is 3.16. The molecule has 18 heavy (non-hydrogen) atoms. The van der Waals surface area contributed by atoms with E-state index in [1.165, 1.54) is 0 Å². The van der Waals surface area contributed by atoms with Crippen molar-refractivity contribution in [3.05, 3.63) is 29.8 Å². The fraction of sp³-hybridized carbons (Fsp3) is 0.500. The summed E-state index contributed by atoms with van der Waals surface area (Å²) in [6.45, 7) is 2.13. The molecule has 0 unspecified atom stereocenters. The Bertz CT molecular complexity index is 428. The number of para-hydroxylation sites is 1. The van der Waals surface area contributed by atoms with Crippen molar-refractivity contribution in [2.75, 3.05) is 31.9 Å². The van der Waals surface area contributed by atoms with Crippen LogP contribution in [-0.4, -0.2) is 33.1 Å². The summed E-state index contributed by atoms with van der Waals surface area (Å²) in [4.78, 5) is 2.22. The van der Waals surface area contributed by atoms with Gasteiger partial charge in [-0.15, -0.1) is 0 Å². The SMILES string of the molecule is COCO[C@@H]1CCCN(c2ccccc2C#N)C1. The normalized spacial score (nSPS) is 19.6. The van der Waals surface area contributed by atoms with Gasteiger partial charge < -0.3 is 14.4 Å². The summed E-state index contributed by atoms with van der Waals surface area (Å²) in [5, 5.41) is 9.13. The molecule has 4 heteroatoms. The van der Waals surface area contributed by atoms with Gasteiger partial charge in [0.25, 0.3) is 0 Å². The Hall–Kier alpha value is -1.57. The maximum absolute atomic E-state index is 9.13. The van der Waals surface area contributed by atoms with Gasteiger partial charge in [-0.1, -0.05) is 12.1 Å². The number of ether oxygens (including phenoxy) is 2. The number of nitrogens with zero attached hydrogens (tertiary/aromatic N) is 2. The molecule has 1 aromatic rings. The maximum atomic E-state index is 9.13. The second-order valence-electron chi connectivity index (χ2n) is 4.41. The van der Waals surface area contributed by atoms with Crippen LogP contribution in [0.25, 0.3) is 0 Å². The zero-order valence-corrected chi connectivity index (χ0v) is 10.6. The lowest BCUT2D eigenvalue weighted by molar-refractivity contribution is -0.0743. The fourth-order valence-electron chi connectivity index (χ4n) is 2.30. The van der Waals surface area contributed by atoms with Crippen LogP contribution in [0.4, 0.5) is 5.69 Å². The van der Waals surface area contributed by atoms with Gasteiger partial charge in [0, 0.05) is 20.2 Å². The number of benzene rings is 1. The number of methoxy groups -OCH3 is 1. The highest BCUT2D eigenvalue weighted by atomic mass is 16.7. The Kier molecular flexibility index (Phi) is 4.57. The van der Waals surface area contributed by atoms with Gasteiger partial charge >= 0.3 is 0 Å². The van der Waals surface area contributed by atoms with Gasteiger partial charge in [0.05, 0.1) is 17.4 Å². The first-order valence-electron chi connectivity index (χ1n) is 6.19. The monoisotopic (exact) mass is 246 g/mol. The van der Waals surface area contributed by atoms with Gasteiger partial charge in [0.15, 0.2) is 0 Å².